The molecule has 3 N–H and O–H groups in total. The molecule has 4 nitrogen and oxygen atoms in total. The first kappa shape index (κ1) is 10.9. The van der Waals surface area contributed by atoms with Crippen molar-refractivity contribution in [3.63, 3.8) is 0 Å². The van der Waals surface area contributed by atoms with Crippen LogP contribution in [0.2, 0.25) is 0 Å². The molecule has 4 heteroatoms. The Morgan fingerprint density at radius 2 is 1.72 bits per heavy atom. The molecule has 0 atom stereocenters. The fraction of sp³-hybridized carbons (Fsp3) is 0.143. The second kappa shape index (κ2) is 3.92. The summed E-state index contributed by atoms with van der Waals surface area (Å²) in [6.45, 7) is 0.476. The second-order valence-electron chi connectivity index (χ2n) is 4.22. The molecule has 92 valence electrons. The van der Waals surface area contributed by atoms with Crippen LogP contribution >= 0.6 is 0 Å². The van der Waals surface area contributed by atoms with Crippen LogP contribution in [-0.4, -0.2) is 26.5 Å². The van der Waals surface area contributed by atoms with Crippen molar-refractivity contribution in [3.05, 3.63) is 36.4 Å². The molecule has 1 heterocycles. The Labute approximate surface area is 103 Å². The summed E-state index contributed by atoms with van der Waals surface area (Å²) >= 11 is 0. The number of fused-ring (bicyclic) bond motifs is 3. The average molecular weight is 243 g/mol. The average Bonchev–Trinajstić information content (AvgIpc) is 2.70. The van der Waals surface area contributed by atoms with E-state index in [0.717, 1.165) is 16.4 Å². The summed E-state index contributed by atoms with van der Waals surface area (Å²) in [5.41, 5.74) is 1.74. The number of nitrogens with zero attached hydrogens (tertiary/aromatic N) is 1. The number of aliphatic hydroxyl groups excluding tert-OH is 1. The number of aromatic nitrogens is 1. The first-order valence-corrected chi connectivity index (χ1v) is 5.76. The van der Waals surface area contributed by atoms with Crippen LogP contribution in [0.5, 0.6) is 11.5 Å². The Morgan fingerprint density at radius 1 is 0.944 bits per heavy atom. The molecule has 0 saturated heterocycles. The molecule has 1 aromatic heterocycles. The van der Waals surface area contributed by atoms with Crippen molar-refractivity contribution >= 4 is 21.8 Å². The van der Waals surface area contributed by atoms with Crippen LogP contribution in [0.15, 0.2) is 36.4 Å². The summed E-state index contributed by atoms with van der Waals surface area (Å²) in [5.74, 6) is -0.241. The van der Waals surface area contributed by atoms with Gasteiger partial charge < -0.3 is 19.9 Å². The summed E-state index contributed by atoms with van der Waals surface area (Å²) in [6, 6.07) is 10.8. The molecule has 0 radical (unpaired) electrons. The van der Waals surface area contributed by atoms with Crippen molar-refractivity contribution in [1.82, 2.24) is 4.57 Å². The van der Waals surface area contributed by atoms with E-state index in [4.69, 9.17) is 5.11 Å². The lowest BCUT2D eigenvalue weighted by Crippen LogP contribution is -2.01. The standard InChI is InChI=1S/C14H13NO3/c16-8-7-15-10-4-2-1-3-9(10)13-11(15)5-6-12(17)14(13)18/h1-6,16-18H,7-8H2. The number of benzene rings is 2. The van der Waals surface area contributed by atoms with E-state index in [1.54, 1.807) is 6.07 Å². The first-order chi connectivity index (χ1) is 8.74. The number of rotatable bonds is 2. The maximum absolute atomic E-state index is 10.0. The molecule has 2 aromatic carbocycles. The van der Waals surface area contributed by atoms with E-state index >= 15 is 0 Å². The summed E-state index contributed by atoms with van der Waals surface area (Å²) in [4.78, 5) is 0. The third-order valence-corrected chi connectivity index (χ3v) is 3.21. The van der Waals surface area contributed by atoms with E-state index in [9.17, 15) is 10.2 Å². The lowest BCUT2D eigenvalue weighted by molar-refractivity contribution is 0.280. The second-order valence-corrected chi connectivity index (χ2v) is 4.22. The number of para-hydroxylation sites is 1. The molecule has 0 spiro atoms. The highest BCUT2D eigenvalue weighted by Gasteiger charge is 2.15. The van der Waals surface area contributed by atoms with Gasteiger partial charge in [-0.3, -0.25) is 0 Å². The molecule has 0 fully saturated rings. The lowest BCUT2D eigenvalue weighted by Gasteiger charge is -2.05. The highest BCUT2D eigenvalue weighted by molar-refractivity contribution is 6.11. The largest absolute Gasteiger partial charge is 0.504 e. The van der Waals surface area contributed by atoms with Crippen molar-refractivity contribution in [2.24, 2.45) is 0 Å². The molecule has 0 aliphatic carbocycles. The molecule has 0 saturated carbocycles. The minimum absolute atomic E-state index is 0.0232. The van der Waals surface area contributed by atoms with Crippen molar-refractivity contribution in [2.75, 3.05) is 6.61 Å². The van der Waals surface area contributed by atoms with Gasteiger partial charge in [-0.2, -0.15) is 0 Å². The zero-order chi connectivity index (χ0) is 12.7. The van der Waals surface area contributed by atoms with Gasteiger partial charge in [0.15, 0.2) is 11.5 Å². The van der Waals surface area contributed by atoms with Crippen LogP contribution < -0.4 is 0 Å². The van der Waals surface area contributed by atoms with E-state index in [1.165, 1.54) is 6.07 Å². The quantitative estimate of drug-likeness (QED) is 0.604. The van der Waals surface area contributed by atoms with Gasteiger partial charge in [0.2, 0.25) is 0 Å². The van der Waals surface area contributed by atoms with Gasteiger partial charge >= 0.3 is 0 Å². The molecule has 0 unspecified atom stereocenters. The van der Waals surface area contributed by atoms with Crippen LogP contribution in [0.4, 0.5) is 0 Å². The smallest absolute Gasteiger partial charge is 0.167 e. The Morgan fingerprint density at radius 3 is 2.50 bits per heavy atom. The molecule has 3 aromatic rings. The highest BCUT2D eigenvalue weighted by Crippen LogP contribution is 2.39. The van der Waals surface area contributed by atoms with Gasteiger partial charge in [-0.1, -0.05) is 18.2 Å². The SMILES string of the molecule is OCCn1c2ccccc2c2c(O)c(O)ccc21. The molecule has 0 bridgehead atoms. The van der Waals surface area contributed by atoms with Gasteiger partial charge in [0.05, 0.1) is 17.5 Å². The van der Waals surface area contributed by atoms with Crippen LogP contribution in [0.1, 0.15) is 0 Å². The van der Waals surface area contributed by atoms with Crippen LogP contribution in [0.3, 0.4) is 0 Å². The van der Waals surface area contributed by atoms with Gasteiger partial charge in [0, 0.05) is 17.4 Å². The fourth-order valence-corrected chi connectivity index (χ4v) is 2.45. The van der Waals surface area contributed by atoms with Crippen molar-refractivity contribution < 1.29 is 15.3 Å². The van der Waals surface area contributed by atoms with Gasteiger partial charge in [-0.25, -0.2) is 0 Å². The highest BCUT2D eigenvalue weighted by atomic mass is 16.3. The third-order valence-electron chi connectivity index (χ3n) is 3.21. The first-order valence-electron chi connectivity index (χ1n) is 5.76. The molecule has 3 rings (SSSR count). The Bertz CT molecular complexity index is 731. The maximum Gasteiger partial charge on any atom is 0.167 e. The van der Waals surface area contributed by atoms with E-state index in [2.05, 4.69) is 0 Å². The van der Waals surface area contributed by atoms with Gasteiger partial charge in [-0.05, 0) is 18.2 Å². The molecule has 18 heavy (non-hydrogen) atoms. The van der Waals surface area contributed by atoms with Crippen LogP contribution in [0.25, 0.3) is 21.8 Å². The summed E-state index contributed by atoms with van der Waals surface area (Å²) in [6.07, 6.45) is 0. The van der Waals surface area contributed by atoms with Crippen molar-refractivity contribution in [2.45, 2.75) is 6.54 Å². The summed E-state index contributed by atoms with van der Waals surface area (Å²) in [5, 5.41) is 30.3. The topological polar surface area (TPSA) is 65.6 Å². The predicted octanol–water partition coefficient (Wildman–Crippen LogP) is 2.20. The molecule has 0 aliphatic rings. The molecular formula is C14H13NO3. The van der Waals surface area contributed by atoms with Gasteiger partial charge in [0.25, 0.3) is 0 Å². The van der Waals surface area contributed by atoms with E-state index in [1.807, 2.05) is 28.8 Å². The van der Waals surface area contributed by atoms with E-state index in [-0.39, 0.29) is 18.1 Å². The molecular weight excluding hydrogens is 230 g/mol. The molecule has 0 aliphatic heterocycles. The normalized spacial score (nSPS) is 11.4. The number of aromatic hydroxyl groups is 2. The zero-order valence-corrected chi connectivity index (χ0v) is 9.67. The number of aliphatic hydroxyl groups is 1. The Balaban J connectivity index is 2.54. The summed E-state index contributed by atoms with van der Waals surface area (Å²) in [7, 11) is 0. The third kappa shape index (κ3) is 1.36. The number of hydrogen-bond donors (Lipinski definition) is 3. The summed E-state index contributed by atoms with van der Waals surface area (Å²) < 4.78 is 1.93. The Hall–Kier alpha value is -2.20. The molecule has 0 amide bonds. The number of hydrogen-bond acceptors (Lipinski definition) is 3. The maximum atomic E-state index is 10.0. The predicted molar refractivity (Wildman–Crippen MR) is 69.9 cm³/mol. The fourth-order valence-electron chi connectivity index (χ4n) is 2.45. The van der Waals surface area contributed by atoms with Crippen LogP contribution in [-0.2, 0) is 6.54 Å². The van der Waals surface area contributed by atoms with E-state index in [0.29, 0.717) is 11.9 Å². The minimum atomic E-state index is -0.130. The van der Waals surface area contributed by atoms with Crippen LogP contribution in [0, 0.1) is 0 Å². The van der Waals surface area contributed by atoms with Crippen molar-refractivity contribution in [3.8, 4) is 11.5 Å². The Kier molecular flexibility index (Phi) is 2.38. The zero-order valence-electron chi connectivity index (χ0n) is 9.67. The van der Waals surface area contributed by atoms with Gasteiger partial charge in [0.1, 0.15) is 0 Å². The van der Waals surface area contributed by atoms with E-state index < -0.39 is 0 Å². The monoisotopic (exact) mass is 243 g/mol. The van der Waals surface area contributed by atoms with Gasteiger partial charge in [-0.15, -0.1) is 0 Å². The number of phenolic OH excluding ortho intramolecular Hbond substituents is 2. The number of phenols is 2. The minimum Gasteiger partial charge on any atom is -0.504 e. The van der Waals surface area contributed by atoms with Crippen molar-refractivity contribution in [1.29, 1.82) is 0 Å². The lowest BCUT2D eigenvalue weighted by atomic mass is 10.1.